The van der Waals surface area contributed by atoms with E-state index in [4.69, 9.17) is 0 Å². The van der Waals surface area contributed by atoms with Crippen LogP contribution >= 0.6 is 0 Å². The maximum Gasteiger partial charge on any atom is 0.161 e. The minimum absolute atomic E-state index is 0.0301. The monoisotopic (exact) mass is 101 g/mol. The third-order valence-corrected chi connectivity index (χ3v) is 0.609. The van der Waals surface area contributed by atoms with Crippen LogP contribution in [0.15, 0.2) is 0 Å². The van der Waals surface area contributed by atoms with E-state index in [1.807, 2.05) is 0 Å². The van der Waals surface area contributed by atoms with Gasteiger partial charge in [0.1, 0.15) is 6.61 Å². The summed E-state index contributed by atoms with van der Waals surface area (Å²) >= 11 is 0. The lowest BCUT2D eigenvalue weighted by Crippen LogP contribution is -2.03. The zero-order valence-electron chi connectivity index (χ0n) is 4.60. The zero-order chi connectivity index (χ0) is 5.70. The van der Waals surface area contributed by atoms with E-state index in [0.717, 1.165) is 0 Å². The molecule has 0 rings (SSSR count). The molecule has 0 amide bonds. The van der Waals surface area contributed by atoms with Gasteiger partial charge >= 0.3 is 0 Å². The van der Waals surface area contributed by atoms with Gasteiger partial charge in [-0.05, 0) is 0 Å². The van der Waals surface area contributed by atoms with Crippen molar-refractivity contribution in [3.8, 4) is 0 Å². The average molecular weight is 101 g/mol. The number of hydrogen-bond donors (Lipinski definition) is 0. The van der Waals surface area contributed by atoms with Crippen LogP contribution in [-0.4, -0.2) is 19.5 Å². The molecule has 7 heavy (non-hydrogen) atoms. The van der Waals surface area contributed by atoms with Gasteiger partial charge in [-0.15, -0.1) is 0 Å². The van der Waals surface area contributed by atoms with Gasteiger partial charge in [-0.25, -0.2) is 0 Å². The molecule has 0 aromatic heterocycles. The molecular weight excluding hydrogens is 92.1 g/mol. The van der Waals surface area contributed by atoms with Crippen molar-refractivity contribution in [1.29, 1.82) is 0 Å². The SMILES string of the molecule is C[CH]C(=O)COC. The molecule has 2 heteroatoms. The fourth-order valence-corrected chi connectivity index (χ4v) is 0.226. The standard InChI is InChI=1S/C5H9O2/c1-3-5(6)4-7-2/h3H,4H2,1-2H3. The van der Waals surface area contributed by atoms with E-state index in [-0.39, 0.29) is 12.4 Å². The molecule has 0 unspecified atom stereocenters. The second kappa shape index (κ2) is 3.81. The summed E-state index contributed by atoms with van der Waals surface area (Å²) in [5.41, 5.74) is 0. The molecule has 41 valence electrons. The quantitative estimate of drug-likeness (QED) is 0.515. The van der Waals surface area contributed by atoms with Gasteiger partial charge in [0.15, 0.2) is 5.78 Å². The number of carbonyl (C=O) groups is 1. The number of ether oxygens (including phenoxy) is 1. The molecule has 0 aliphatic heterocycles. The van der Waals surface area contributed by atoms with E-state index in [9.17, 15) is 4.79 Å². The molecule has 0 N–H and O–H groups in total. The van der Waals surface area contributed by atoms with E-state index < -0.39 is 0 Å². The lowest BCUT2D eigenvalue weighted by atomic mass is 10.3. The van der Waals surface area contributed by atoms with E-state index in [0.29, 0.717) is 0 Å². The number of hydrogen-bond acceptors (Lipinski definition) is 2. The fraction of sp³-hybridized carbons (Fsp3) is 0.600. The Morgan fingerprint density at radius 1 is 1.86 bits per heavy atom. The Morgan fingerprint density at radius 2 is 2.43 bits per heavy atom. The van der Waals surface area contributed by atoms with Crippen molar-refractivity contribution in [2.45, 2.75) is 6.92 Å². The van der Waals surface area contributed by atoms with Crippen LogP contribution in [0.3, 0.4) is 0 Å². The minimum Gasteiger partial charge on any atom is -0.377 e. The van der Waals surface area contributed by atoms with Gasteiger partial charge in [-0.2, -0.15) is 0 Å². The zero-order valence-corrected chi connectivity index (χ0v) is 4.60. The Labute approximate surface area is 43.5 Å². The highest BCUT2D eigenvalue weighted by atomic mass is 16.5. The third kappa shape index (κ3) is 3.46. The van der Waals surface area contributed by atoms with Crippen LogP contribution in [0.2, 0.25) is 0 Å². The molecule has 0 aliphatic carbocycles. The molecule has 0 bridgehead atoms. The van der Waals surface area contributed by atoms with Crippen LogP contribution in [0.25, 0.3) is 0 Å². The first-order chi connectivity index (χ1) is 3.31. The number of methoxy groups -OCH3 is 1. The number of Topliss-reactive ketones (excluding diaryl/α,β-unsaturated/α-hetero) is 1. The van der Waals surface area contributed by atoms with Crippen LogP contribution in [0.1, 0.15) is 6.92 Å². The molecule has 1 radical (unpaired) electrons. The molecule has 0 fully saturated rings. The summed E-state index contributed by atoms with van der Waals surface area (Å²) in [6.07, 6.45) is 1.49. The normalized spacial score (nSPS) is 8.86. The highest BCUT2D eigenvalue weighted by Crippen LogP contribution is 1.76. The smallest absolute Gasteiger partial charge is 0.161 e. The van der Waals surface area contributed by atoms with Crippen LogP contribution in [0.5, 0.6) is 0 Å². The van der Waals surface area contributed by atoms with Crippen LogP contribution in [0, 0.1) is 6.42 Å². The van der Waals surface area contributed by atoms with E-state index >= 15 is 0 Å². The maximum absolute atomic E-state index is 10.2. The summed E-state index contributed by atoms with van der Waals surface area (Å²) in [6.45, 7) is 1.90. The van der Waals surface area contributed by atoms with Crippen LogP contribution < -0.4 is 0 Å². The molecule has 0 saturated heterocycles. The Bertz CT molecular complexity index is 59.1. The summed E-state index contributed by atoms with van der Waals surface area (Å²) in [7, 11) is 1.50. The lowest BCUT2D eigenvalue weighted by Gasteiger charge is -1.89. The van der Waals surface area contributed by atoms with Crippen molar-refractivity contribution in [1.82, 2.24) is 0 Å². The molecule has 2 nitrogen and oxygen atoms in total. The predicted molar refractivity (Wildman–Crippen MR) is 26.9 cm³/mol. The summed E-state index contributed by atoms with van der Waals surface area (Å²) in [5.74, 6) is 0.0301. The van der Waals surface area contributed by atoms with Crippen LogP contribution in [0.4, 0.5) is 0 Å². The third-order valence-electron chi connectivity index (χ3n) is 0.609. The average Bonchev–Trinajstić information content (AvgIpc) is 1.68. The molecule has 0 aliphatic rings. The van der Waals surface area contributed by atoms with E-state index in [1.165, 1.54) is 13.5 Å². The van der Waals surface area contributed by atoms with Crippen molar-refractivity contribution in [3.05, 3.63) is 6.42 Å². The summed E-state index contributed by atoms with van der Waals surface area (Å²) in [4.78, 5) is 10.2. The number of ketones is 1. The van der Waals surface area contributed by atoms with Gasteiger partial charge in [0.2, 0.25) is 0 Å². The molecular formula is C5H9O2. The molecule has 0 aromatic carbocycles. The van der Waals surface area contributed by atoms with Gasteiger partial charge in [-0.3, -0.25) is 4.79 Å². The largest absolute Gasteiger partial charge is 0.377 e. The van der Waals surface area contributed by atoms with Gasteiger partial charge in [0.25, 0.3) is 0 Å². The fourth-order valence-electron chi connectivity index (χ4n) is 0.226. The summed E-state index contributed by atoms with van der Waals surface area (Å²) in [6, 6.07) is 0. The molecule has 0 aromatic rings. The molecule has 0 heterocycles. The Kier molecular flexibility index (Phi) is 3.61. The molecule has 0 spiro atoms. The molecule has 0 atom stereocenters. The van der Waals surface area contributed by atoms with Crippen molar-refractivity contribution >= 4 is 5.78 Å². The summed E-state index contributed by atoms with van der Waals surface area (Å²) in [5, 5.41) is 0. The van der Waals surface area contributed by atoms with Gasteiger partial charge < -0.3 is 4.74 Å². The number of carbonyl (C=O) groups excluding carboxylic acids is 1. The Morgan fingerprint density at radius 3 is 2.57 bits per heavy atom. The minimum atomic E-state index is 0.0301. The Balaban J connectivity index is 3.00. The van der Waals surface area contributed by atoms with Gasteiger partial charge in [0.05, 0.1) is 0 Å². The number of rotatable bonds is 3. The predicted octanol–water partition coefficient (Wildman–Crippen LogP) is 0.426. The van der Waals surface area contributed by atoms with Crippen molar-refractivity contribution in [2.24, 2.45) is 0 Å². The highest BCUT2D eigenvalue weighted by Gasteiger charge is 1.92. The lowest BCUT2D eigenvalue weighted by molar-refractivity contribution is -0.119. The Hall–Kier alpha value is -0.370. The first-order valence-electron chi connectivity index (χ1n) is 2.12. The van der Waals surface area contributed by atoms with Crippen molar-refractivity contribution in [2.75, 3.05) is 13.7 Å². The van der Waals surface area contributed by atoms with Crippen molar-refractivity contribution in [3.63, 3.8) is 0 Å². The molecule has 0 saturated carbocycles. The van der Waals surface area contributed by atoms with Crippen LogP contribution in [-0.2, 0) is 9.53 Å². The highest BCUT2D eigenvalue weighted by molar-refractivity contribution is 5.87. The van der Waals surface area contributed by atoms with Crippen molar-refractivity contribution < 1.29 is 9.53 Å². The van der Waals surface area contributed by atoms with Gasteiger partial charge in [-0.1, -0.05) is 6.92 Å². The second-order valence-corrected chi connectivity index (χ2v) is 1.19. The maximum atomic E-state index is 10.2. The van der Waals surface area contributed by atoms with E-state index in [1.54, 1.807) is 6.92 Å². The first kappa shape index (κ1) is 6.63. The van der Waals surface area contributed by atoms with E-state index in [2.05, 4.69) is 4.74 Å². The second-order valence-electron chi connectivity index (χ2n) is 1.19. The van der Waals surface area contributed by atoms with Gasteiger partial charge in [0, 0.05) is 13.5 Å². The summed E-state index contributed by atoms with van der Waals surface area (Å²) < 4.78 is 4.51. The first-order valence-corrected chi connectivity index (χ1v) is 2.12. The topological polar surface area (TPSA) is 26.3 Å².